The Morgan fingerprint density at radius 2 is 2.11 bits per heavy atom. The highest BCUT2D eigenvalue weighted by molar-refractivity contribution is 7.12. The number of thiophene rings is 1. The van der Waals surface area contributed by atoms with Gasteiger partial charge < -0.3 is 5.32 Å². The summed E-state index contributed by atoms with van der Waals surface area (Å²) in [6.45, 7) is 9.53. The minimum absolute atomic E-state index is 0.335. The molecule has 0 fully saturated rings. The summed E-state index contributed by atoms with van der Waals surface area (Å²) in [6, 6.07) is 2.61. The molecule has 0 saturated carbocycles. The van der Waals surface area contributed by atoms with Gasteiger partial charge in [0, 0.05) is 41.1 Å². The molecule has 0 saturated heterocycles. The van der Waals surface area contributed by atoms with Crippen molar-refractivity contribution < 1.29 is 0 Å². The Hall–Kier alpha value is -1.13. The van der Waals surface area contributed by atoms with E-state index in [-0.39, 0.29) is 0 Å². The number of aromatic nitrogens is 2. The molecule has 4 heteroatoms. The summed E-state index contributed by atoms with van der Waals surface area (Å²) < 4.78 is 1.88. The van der Waals surface area contributed by atoms with Gasteiger partial charge in [-0.2, -0.15) is 5.10 Å². The van der Waals surface area contributed by atoms with E-state index in [1.165, 1.54) is 20.9 Å². The van der Waals surface area contributed by atoms with Crippen LogP contribution in [0.2, 0.25) is 0 Å². The average Bonchev–Trinajstić information content (AvgIpc) is 2.79. The molecule has 0 amide bonds. The maximum atomic E-state index is 4.38. The minimum atomic E-state index is 0.335. The Labute approximate surface area is 113 Å². The van der Waals surface area contributed by atoms with Crippen molar-refractivity contribution in [3.05, 3.63) is 38.8 Å². The highest BCUT2D eigenvalue weighted by Crippen LogP contribution is 2.22. The largest absolute Gasteiger partial charge is 0.305 e. The van der Waals surface area contributed by atoms with Crippen LogP contribution in [0.5, 0.6) is 0 Å². The molecule has 3 nitrogen and oxygen atoms in total. The van der Waals surface area contributed by atoms with Crippen molar-refractivity contribution in [2.45, 2.75) is 40.3 Å². The number of rotatable bonds is 4. The molecule has 0 aliphatic carbocycles. The molecule has 98 valence electrons. The van der Waals surface area contributed by atoms with Gasteiger partial charge in [-0.1, -0.05) is 0 Å². The molecular weight excluding hydrogens is 242 g/mol. The van der Waals surface area contributed by atoms with E-state index in [4.69, 9.17) is 0 Å². The highest BCUT2D eigenvalue weighted by Gasteiger charge is 2.11. The van der Waals surface area contributed by atoms with E-state index in [0.717, 1.165) is 12.2 Å². The summed E-state index contributed by atoms with van der Waals surface area (Å²) >= 11 is 1.88. The van der Waals surface area contributed by atoms with Gasteiger partial charge in [0.1, 0.15) is 0 Å². The zero-order valence-electron chi connectivity index (χ0n) is 11.7. The Morgan fingerprint density at radius 3 is 2.61 bits per heavy atom. The third-order valence-electron chi connectivity index (χ3n) is 3.32. The standard InChI is InChI=1S/C14H21N3S/c1-9-6-13(18-12(9)4)7-15-10(2)14-8-17(5)16-11(14)3/h6,8,10,15H,7H2,1-5H3. The number of nitrogens with zero attached hydrogens (tertiary/aromatic N) is 2. The predicted molar refractivity (Wildman–Crippen MR) is 77.0 cm³/mol. The van der Waals surface area contributed by atoms with Gasteiger partial charge in [-0.3, -0.25) is 4.68 Å². The molecule has 0 spiro atoms. The van der Waals surface area contributed by atoms with Gasteiger partial charge in [0.2, 0.25) is 0 Å². The monoisotopic (exact) mass is 263 g/mol. The Bertz CT molecular complexity index is 520. The predicted octanol–water partition coefficient (Wildman–Crippen LogP) is 3.26. The minimum Gasteiger partial charge on any atom is -0.305 e. The molecule has 1 N–H and O–H groups in total. The van der Waals surface area contributed by atoms with Crippen molar-refractivity contribution in [1.82, 2.24) is 15.1 Å². The lowest BCUT2D eigenvalue weighted by Gasteiger charge is -2.12. The SMILES string of the molecule is Cc1cc(CNC(C)c2cn(C)nc2C)sc1C. The highest BCUT2D eigenvalue weighted by atomic mass is 32.1. The molecule has 0 aromatic carbocycles. The van der Waals surface area contributed by atoms with Crippen molar-refractivity contribution in [1.29, 1.82) is 0 Å². The van der Waals surface area contributed by atoms with Crippen molar-refractivity contribution in [2.24, 2.45) is 7.05 Å². The zero-order valence-corrected chi connectivity index (χ0v) is 12.6. The first-order valence-corrected chi connectivity index (χ1v) is 7.08. The van der Waals surface area contributed by atoms with Crippen molar-refractivity contribution in [2.75, 3.05) is 0 Å². The quantitative estimate of drug-likeness (QED) is 0.917. The van der Waals surface area contributed by atoms with Gasteiger partial charge in [0.15, 0.2) is 0 Å². The Balaban J connectivity index is 2.00. The van der Waals surface area contributed by atoms with Gasteiger partial charge in [0.05, 0.1) is 5.69 Å². The van der Waals surface area contributed by atoms with Crippen molar-refractivity contribution in [3.8, 4) is 0 Å². The summed E-state index contributed by atoms with van der Waals surface area (Å²) in [5, 5.41) is 7.95. The first kappa shape index (κ1) is 13.3. The van der Waals surface area contributed by atoms with Crippen LogP contribution in [0.3, 0.4) is 0 Å². The maximum Gasteiger partial charge on any atom is 0.0641 e. The van der Waals surface area contributed by atoms with E-state index >= 15 is 0 Å². The first-order valence-electron chi connectivity index (χ1n) is 6.27. The lowest BCUT2D eigenvalue weighted by Crippen LogP contribution is -2.17. The van der Waals surface area contributed by atoms with E-state index in [1.54, 1.807) is 0 Å². The van der Waals surface area contributed by atoms with Crippen LogP contribution in [0.25, 0.3) is 0 Å². The van der Waals surface area contributed by atoms with Crippen LogP contribution in [0.4, 0.5) is 0 Å². The molecule has 0 aliphatic heterocycles. The molecule has 0 bridgehead atoms. The van der Waals surface area contributed by atoms with E-state index in [9.17, 15) is 0 Å². The molecule has 0 radical (unpaired) electrons. The number of hydrogen-bond acceptors (Lipinski definition) is 3. The molecule has 18 heavy (non-hydrogen) atoms. The Kier molecular flexibility index (Phi) is 3.88. The molecule has 1 unspecified atom stereocenters. The van der Waals surface area contributed by atoms with Crippen LogP contribution < -0.4 is 5.32 Å². The summed E-state index contributed by atoms with van der Waals surface area (Å²) in [4.78, 5) is 2.82. The normalized spacial score (nSPS) is 12.9. The van der Waals surface area contributed by atoms with Gasteiger partial charge in [-0.05, 0) is 39.3 Å². The fourth-order valence-electron chi connectivity index (χ4n) is 2.14. The molecule has 2 heterocycles. The first-order chi connectivity index (χ1) is 8.47. The number of nitrogens with one attached hydrogen (secondary N) is 1. The number of aryl methyl sites for hydroxylation is 4. The summed E-state index contributed by atoms with van der Waals surface area (Å²) in [5.74, 6) is 0. The lowest BCUT2D eigenvalue weighted by molar-refractivity contribution is 0.576. The van der Waals surface area contributed by atoms with Gasteiger partial charge in [-0.15, -0.1) is 11.3 Å². The van der Waals surface area contributed by atoms with Crippen LogP contribution in [-0.2, 0) is 13.6 Å². The van der Waals surface area contributed by atoms with E-state index in [2.05, 4.69) is 50.4 Å². The summed E-state index contributed by atoms with van der Waals surface area (Å²) in [5.41, 5.74) is 3.78. The maximum absolute atomic E-state index is 4.38. The van der Waals surface area contributed by atoms with Gasteiger partial charge >= 0.3 is 0 Å². The van der Waals surface area contributed by atoms with E-state index < -0.39 is 0 Å². The van der Waals surface area contributed by atoms with Crippen molar-refractivity contribution in [3.63, 3.8) is 0 Å². The molecular formula is C14H21N3S. The van der Waals surface area contributed by atoms with Crippen LogP contribution in [0.15, 0.2) is 12.3 Å². The fourth-order valence-corrected chi connectivity index (χ4v) is 3.15. The van der Waals surface area contributed by atoms with Gasteiger partial charge in [0.25, 0.3) is 0 Å². The summed E-state index contributed by atoms with van der Waals surface area (Å²) in [6.07, 6.45) is 2.10. The summed E-state index contributed by atoms with van der Waals surface area (Å²) in [7, 11) is 1.97. The second-order valence-electron chi connectivity index (χ2n) is 4.90. The second kappa shape index (κ2) is 5.24. The zero-order chi connectivity index (χ0) is 13.3. The molecule has 2 aromatic heterocycles. The van der Waals surface area contributed by atoms with Crippen LogP contribution in [-0.4, -0.2) is 9.78 Å². The van der Waals surface area contributed by atoms with E-state index in [0.29, 0.717) is 6.04 Å². The molecule has 2 rings (SSSR count). The van der Waals surface area contributed by atoms with Crippen molar-refractivity contribution >= 4 is 11.3 Å². The molecule has 0 aliphatic rings. The Morgan fingerprint density at radius 1 is 1.39 bits per heavy atom. The van der Waals surface area contributed by atoms with Crippen LogP contribution >= 0.6 is 11.3 Å². The average molecular weight is 263 g/mol. The van der Waals surface area contributed by atoms with Crippen LogP contribution in [0.1, 0.15) is 39.5 Å². The van der Waals surface area contributed by atoms with Crippen LogP contribution in [0, 0.1) is 20.8 Å². The van der Waals surface area contributed by atoms with Gasteiger partial charge in [-0.25, -0.2) is 0 Å². The smallest absolute Gasteiger partial charge is 0.0641 e. The fraction of sp³-hybridized carbons (Fsp3) is 0.500. The topological polar surface area (TPSA) is 29.9 Å². The van der Waals surface area contributed by atoms with E-state index in [1.807, 2.05) is 23.1 Å². The molecule has 2 aromatic rings. The second-order valence-corrected chi connectivity index (χ2v) is 6.24. The number of hydrogen-bond donors (Lipinski definition) is 1. The molecule has 1 atom stereocenters. The third kappa shape index (κ3) is 2.82. The third-order valence-corrected chi connectivity index (χ3v) is 4.47. The lowest BCUT2D eigenvalue weighted by atomic mass is 10.1.